The van der Waals surface area contributed by atoms with Crippen LogP contribution in [0.15, 0.2) is 48.2 Å². The zero-order valence-electron chi connectivity index (χ0n) is 18.1. The van der Waals surface area contributed by atoms with Gasteiger partial charge in [0.25, 0.3) is 11.8 Å². The van der Waals surface area contributed by atoms with Crippen molar-refractivity contribution in [3.05, 3.63) is 64.9 Å². The lowest BCUT2D eigenvalue weighted by atomic mass is 10.1. The third-order valence-electron chi connectivity index (χ3n) is 4.37. The van der Waals surface area contributed by atoms with Crippen LogP contribution in [0.3, 0.4) is 0 Å². The first-order chi connectivity index (χ1) is 14.3. The third kappa shape index (κ3) is 6.63. The molecule has 2 N–H and O–H groups in total. The average molecular weight is 412 g/mol. The predicted molar refractivity (Wildman–Crippen MR) is 118 cm³/mol. The summed E-state index contributed by atoms with van der Waals surface area (Å²) in [6, 6.07) is 12.4. The smallest absolute Gasteiger partial charge is 0.267 e. The van der Waals surface area contributed by atoms with E-state index in [-0.39, 0.29) is 17.5 Å². The molecule has 160 valence electrons. The first-order valence-corrected chi connectivity index (χ1v) is 9.58. The number of likely N-dealkylation sites (N-methyl/N-ethyl adjacent to an activating group) is 1. The van der Waals surface area contributed by atoms with E-state index in [0.717, 1.165) is 5.56 Å². The summed E-state index contributed by atoms with van der Waals surface area (Å²) >= 11 is 0. The highest BCUT2D eigenvalue weighted by Crippen LogP contribution is 2.28. The predicted octanol–water partition coefficient (Wildman–Crippen LogP) is 2.46. The number of carbonyl (C=O) groups is 2. The van der Waals surface area contributed by atoms with Crippen molar-refractivity contribution in [1.29, 1.82) is 0 Å². The Bertz CT molecular complexity index is 905. The Labute approximate surface area is 177 Å². The number of carbonyl (C=O) groups excluding carboxylic acids is 2. The Balaban J connectivity index is 2.30. The first kappa shape index (κ1) is 23.0. The number of ether oxygens (including phenoxy) is 2. The van der Waals surface area contributed by atoms with Crippen LogP contribution < -0.4 is 20.1 Å². The fraction of sp³-hybridized carbons (Fsp3) is 0.304. The summed E-state index contributed by atoms with van der Waals surface area (Å²) in [5.41, 5.74) is 2.36. The van der Waals surface area contributed by atoms with Crippen LogP contribution in [0, 0.1) is 6.92 Å². The van der Waals surface area contributed by atoms with E-state index in [1.54, 1.807) is 50.6 Å². The maximum atomic E-state index is 12.8. The van der Waals surface area contributed by atoms with E-state index in [1.165, 1.54) is 0 Å². The Morgan fingerprint density at radius 3 is 2.27 bits per heavy atom. The van der Waals surface area contributed by atoms with Gasteiger partial charge >= 0.3 is 0 Å². The molecule has 0 bridgehead atoms. The van der Waals surface area contributed by atoms with Gasteiger partial charge in [0.2, 0.25) is 0 Å². The van der Waals surface area contributed by atoms with Gasteiger partial charge in [-0.15, -0.1) is 0 Å². The highest BCUT2D eigenvalue weighted by atomic mass is 16.5. The van der Waals surface area contributed by atoms with Gasteiger partial charge in [-0.05, 0) is 56.9 Å². The monoisotopic (exact) mass is 411 g/mol. The molecule has 0 aromatic heterocycles. The summed E-state index contributed by atoms with van der Waals surface area (Å²) in [5, 5.41) is 5.56. The zero-order chi connectivity index (χ0) is 22.1. The van der Waals surface area contributed by atoms with Gasteiger partial charge in [-0.3, -0.25) is 9.59 Å². The molecule has 0 atom stereocenters. The summed E-state index contributed by atoms with van der Waals surface area (Å²) < 4.78 is 10.6. The molecular formula is C23H29N3O4. The summed E-state index contributed by atoms with van der Waals surface area (Å²) in [7, 11) is 6.94. The van der Waals surface area contributed by atoms with Crippen LogP contribution in [0.5, 0.6) is 11.5 Å². The Kier molecular flexibility index (Phi) is 8.43. The molecular weight excluding hydrogens is 382 g/mol. The van der Waals surface area contributed by atoms with E-state index in [2.05, 4.69) is 10.6 Å². The molecule has 30 heavy (non-hydrogen) atoms. The van der Waals surface area contributed by atoms with Crippen LogP contribution in [0.4, 0.5) is 0 Å². The number of hydrogen-bond acceptors (Lipinski definition) is 5. The van der Waals surface area contributed by atoms with E-state index >= 15 is 0 Å². The highest BCUT2D eigenvalue weighted by molar-refractivity contribution is 6.05. The van der Waals surface area contributed by atoms with Gasteiger partial charge in [0.15, 0.2) is 11.5 Å². The number of benzene rings is 2. The molecule has 0 fully saturated rings. The number of nitrogens with zero attached hydrogens (tertiary/aromatic N) is 1. The Hall–Kier alpha value is -3.32. The van der Waals surface area contributed by atoms with Crippen LogP contribution >= 0.6 is 0 Å². The normalized spacial score (nSPS) is 11.2. The quantitative estimate of drug-likeness (QED) is 0.620. The van der Waals surface area contributed by atoms with Crippen LogP contribution in [0.2, 0.25) is 0 Å². The van der Waals surface area contributed by atoms with Gasteiger partial charge in [-0.2, -0.15) is 0 Å². The lowest BCUT2D eigenvalue weighted by Gasteiger charge is -2.14. The molecule has 2 aromatic rings. The van der Waals surface area contributed by atoms with Crippen molar-refractivity contribution in [1.82, 2.24) is 15.5 Å². The fourth-order valence-corrected chi connectivity index (χ4v) is 2.66. The molecule has 7 heteroatoms. The van der Waals surface area contributed by atoms with E-state index < -0.39 is 0 Å². The van der Waals surface area contributed by atoms with Crippen molar-refractivity contribution >= 4 is 17.9 Å². The largest absolute Gasteiger partial charge is 0.493 e. The number of rotatable bonds is 9. The molecule has 2 amide bonds. The number of amides is 2. The minimum Gasteiger partial charge on any atom is -0.493 e. The molecule has 0 unspecified atom stereocenters. The summed E-state index contributed by atoms with van der Waals surface area (Å²) in [6.07, 6.45) is 1.61. The topological polar surface area (TPSA) is 79.9 Å². The van der Waals surface area contributed by atoms with E-state index in [9.17, 15) is 9.59 Å². The van der Waals surface area contributed by atoms with Gasteiger partial charge in [0, 0.05) is 18.7 Å². The fourth-order valence-electron chi connectivity index (χ4n) is 2.66. The molecule has 0 aliphatic carbocycles. The van der Waals surface area contributed by atoms with Crippen molar-refractivity contribution in [3.8, 4) is 11.5 Å². The Morgan fingerprint density at radius 2 is 1.67 bits per heavy atom. The van der Waals surface area contributed by atoms with Crippen LogP contribution in [-0.2, 0) is 4.79 Å². The average Bonchev–Trinajstić information content (AvgIpc) is 2.73. The van der Waals surface area contributed by atoms with Crippen LogP contribution in [0.1, 0.15) is 21.5 Å². The number of methoxy groups -OCH3 is 2. The second-order valence-electron chi connectivity index (χ2n) is 7.05. The molecule has 0 saturated heterocycles. The summed E-state index contributed by atoms with van der Waals surface area (Å²) in [5.74, 6) is 0.385. The lowest BCUT2D eigenvalue weighted by molar-refractivity contribution is -0.117. The van der Waals surface area contributed by atoms with Crippen molar-refractivity contribution < 1.29 is 19.1 Å². The first-order valence-electron chi connectivity index (χ1n) is 9.58. The highest BCUT2D eigenvalue weighted by Gasteiger charge is 2.15. The van der Waals surface area contributed by atoms with Crippen molar-refractivity contribution in [3.63, 3.8) is 0 Å². The van der Waals surface area contributed by atoms with Crippen LogP contribution in [-0.4, -0.2) is 58.1 Å². The minimum absolute atomic E-state index is 0.145. The minimum atomic E-state index is -0.368. The van der Waals surface area contributed by atoms with Crippen molar-refractivity contribution in [2.75, 3.05) is 41.4 Å². The molecule has 0 aliphatic heterocycles. The van der Waals surface area contributed by atoms with Gasteiger partial charge in [0.05, 0.1) is 14.2 Å². The molecule has 0 spiro atoms. The second-order valence-corrected chi connectivity index (χ2v) is 7.05. The zero-order valence-corrected chi connectivity index (χ0v) is 18.1. The van der Waals surface area contributed by atoms with Gasteiger partial charge < -0.3 is 25.0 Å². The molecule has 0 heterocycles. The number of aryl methyl sites for hydroxylation is 1. The lowest BCUT2D eigenvalue weighted by Crippen LogP contribution is -2.37. The van der Waals surface area contributed by atoms with Crippen LogP contribution in [0.25, 0.3) is 6.08 Å². The van der Waals surface area contributed by atoms with Crippen molar-refractivity contribution in [2.45, 2.75) is 6.92 Å². The molecule has 0 radical (unpaired) electrons. The standard InChI is InChI=1S/C23H29N3O4/c1-16-6-9-18(10-7-16)22(27)25-19(23(28)24-12-13-26(2)3)14-17-8-11-20(29-4)21(15-17)30-5/h6-11,14-15H,12-13H2,1-5H3,(H,24,28)(H,25,27). The second kappa shape index (κ2) is 11.0. The molecule has 7 nitrogen and oxygen atoms in total. The van der Waals surface area contributed by atoms with Gasteiger partial charge in [-0.25, -0.2) is 0 Å². The molecule has 2 aromatic carbocycles. The summed E-state index contributed by atoms with van der Waals surface area (Å²) in [6.45, 7) is 3.08. The molecule has 0 saturated carbocycles. The number of hydrogen-bond donors (Lipinski definition) is 2. The SMILES string of the molecule is COc1ccc(C=C(NC(=O)c2ccc(C)cc2)C(=O)NCCN(C)C)cc1OC. The maximum Gasteiger partial charge on any atom is 0.267 e. The van der Waals surface area contributed by atoms with Gasteiger partial charge in [0.1, 0.15) is 5.70 Å². The molecule has 2 rings (SSSR count). The molecule has 0 aliphatic rings. The van der Waals surface area contributed by atoms with Gasteiger partial charge in [-0.1, -0.05) is 23.8 Å². The van der Waals surface area contributed by atoms with E-state index in [4.69, 9.17) is 9.47 Å². The van der Waals surface area contributed by atoms with E-state index in [1.807, 2.05) is 38.1 Å². The van der Waals surface area contributed by atoms with E-state index in [0.29, 0.717) is 35.7 Å². The number of nitrogens with one attached hydrogen (secondary N) is 2. The third-order valence-corrected chi connectivity index (χ3v) is 4.37. The summed E-state index contributed by atoms with van der Waals surface area (Å²) in [4.78, 5) is 27.4. The maximum absolute atomic E-state index is 12.8. The van der Waals surface area contributed by atoms with Crippen molar-refractivity contribution in [2.24, 2.45) is 0 Å². The Morgan fingerprint density at radius 1 is 1.00 bits per heavy atom.